The third-order valence-electron chi connectivity index (χ3n) is 11.0. The van der Waals surface area contributed by atoms with Gasteiger partial charge in [0.15, 0.2) is 0 Å². The van der Waals surface area contributed by atoms with Crippen LogP contribution in [0.4, 0.5) is 0 Å². The van der Waals surface area contributed by atoms with Gasteiger partial charge in [0, 0.05) is 0 Å². The average Bonchev–Trinajstić information content (AvgIpc) is 3.86. The molecule has 0 aliphatic heterocycles. The van der Waals surface area contributed by atoms with Crippen LogP contribution in [0.5, 0.6) is 0 Å². The average molecular weight is 828 g/mol. The largest absolute Gasteiger partial charge is 2.00 e. The predicted octanol–water partition coefficient (Wildman–Crippen LogP) is 10.4. The third kappa shape index (κ3) is 8.54. The molecule has 10 aromatic rings. The smallest absolute Gasteiger partial charge is 1.00 e. The van der Waals surface area contributed by atoms with Gasteiger partial charge >= 0.3 is 21.7 Å². The van der Waals surface area contributed by atoms with Gasteiger partial charge in [-0.25, -0.2) is 0 Å². The molecule has 10 rings (SSSR count). The fourth-order valence-electron chi connectivity index (χ4n) is 8.23. The number of halogens is 2. The van der Waals surface area contributed by atoms with E-state index < -0.39 is 0 Å². The van der Waals surface area contributed by atoms with Crippen molar-refractivity contribution in [2.24, 2.45) is 0 Å². The fourth-order valence-corrected chi connectivity index (χ4v) is 8.23. The van der Waals surface area contributed by atoms with Crippen LogP contribution in [0.2, 0.25) is 0 Å². The fraction of sp³-hybridized carbons (Fsp3) is 0.127. The van der Waals surface area contributed by atoms with Gasteiger partial charge in [0.25, 0.3) is 0 Å². The van der Waals surface area contributed by atoms with E-state index in [2.05, 4.69) is 211 Å². The van der Waals surface area contributed by atoms with E-state index in [9.17, 15) is 0 Å². The summed E-state index contributed by atoms with van der Waals surface area (Å²) in [4.78, 5) is 0. The molecular formula is C55H48Cl2Ti-4. The van der Waals surface area contributed by atoms with Gasteiger partial charge in [0.05, 0.1) is 0 Å². The minimum atomic E-state index is 0. The standard InChI is InChI=1S/2C26H21.C3H6.2ClH.Ti/c2*1-17(2)21-15-20-10-7-13-24(25(20)16-21)26-22-11-5-3-8-18(22)14-19-9-4-6-12-23(19)26;1-3-2;;;/h2*3-17H,1-2H3;1-3H2;2*1H;/q2*-1;-2;;;+2/p-2. The molecule has 0 saturated carbocycles. The van der Waals surface area contributed by atoms with Crippen molar-refractivity contribution in [3.05, 3.63) is 195 Å². The van der Waals surface area contributed by atoms with Crippen LogP contribution in [-0.2, 0) is 21.7 Å². The van der Waals surface area contributed by atoms with Crippen LogP contribution in [0, 0.1) is 13.8 Å². The molecule has 0 heterocycles. The summed E-state index contributed by atoms with van der Waals surface area (Å²) in [6.07, 6.45) is 0.750. The Balaban J connectivity index is 0.000000198. The van der Waals surface area contributed by atoms with Crippen LogP contribution < -0.4 is 24.8 Å². The summed E-state index contributed by atoms with van der Waals surface area (Å²) in [7, 11) is 0. The molecular weight excluding hydrogens is 779 g/mol. The number of benzene rings is 8. The number of hydrogen-bond acceptors (Lipinski definition) is 0. The van der Waals surface area contributed by atoms with Crippen molar-refractivity contribution in [1.82, 2.24) is 0 Å². The summed E-state index contributed by atoms with van der Waals surface area (Å²) in [5.41, 5.74) is 8.20. The summed E-state index contributed by atoms with van der Waals surface area (Å²) in [6.45, 7) is 15.8. The number of rotatable bonds is 4. The Morgan fingerprint density at radius 3 is 0.983 bits per heavy atom. The molecule has 0 spiro atoms. The van der Waals surface area contributed by atoms with Gasteiger partial charge in [0.2, 0.25) is 0 Å². The van der Waals surface area contributed by atoms with Gasteiger partial charge in [-0.15, -0.1) is 69.1 Å². The molecule has 3 heteroatoms. The summed E-state index contributed by atoms with van der Waals surface area (Å²) in [5, 5.41) is 15.9. The number of hydrogen-bond donors (Lipinski definition) is 0. The maximum Gasteiger partial charge on any atom is 2.00 e. The Morgan fingerprint density at radius 1 is 0.397 bits per heavy atom. The normalized spacial score (nSPS) is 10.9. The van der Waals surface area contributed by atoms with E-state index in [1.165, 1.54) is 98.0 Å². The molecule has 0 aliphatic carbocycles. The van der Waals surface area contributed by atoms with Crippen molar-refractivity contribution in [1.29, 1.82) is 0 Å². The van der Waals surface area contributed by atoms with E-state index in [1.807, 2.05) is 0 Å². The molecule has 0 aliphatic rings. The molecule has 0 saturated heterocycles. The van der Waals surface area contributed by atoms with Gasteiger partial charge in [-0.3, -0.25) is 0 Å². The molecule has 0 aromatic heterocycles. The van der Waals surface area contributed by atoms with E-state index in [4.69, 9.17) is 0 Å². The maximum absolute atomic E-state index is 3.38. The second-order valence-electron chi connectivity index (χ2n) is 15.2. The molecule has 10 aromatic carbocycles. The first kappa shape index (κ1) is 44.4. The molecule has 0 atom stereocenters. The van der Waals surface area contributed by atoms with Crippen molar-refractivity contribution in [2.45, 2.75) is 46.0 Å². The Labute approximate surface area is 371 Å². The quantitative estimate of drug-likeness (QED) is 0.0942. The van der Waals surface area contributed by atoms with Gasteiger partial charge in [-0.1, -0.05) is 148 Å². The second-order valence-corrected chi connectivity index (χ2v) is 15.2. The third-order valence-corrected chi connectivity index (χ3v) is 11.0. The first-order valence-electron chi connectivity index (χ1n) is 19.6. The Morgan fingerprint density at radius 2 is 0.690 bits per heavy atom. The van der Waals surface area contributed by atoms with Crippen LogP contribution >= 0.6 is 0 Å². The van der Waals surface area contributed by atoms with E-state index >= 15 is 0 Å². The molecule has 0 nitrogen and oxygen atoms in total. The molecule has 58 heavy (non-hydrogen) atoms. The topological polar surface area (TPSA) is 0 Å². The molecule has 290 valence electrons. The first-order chi connectivity index (χ1) is 26.9. The molecule has 0 unspecified atom stereocenters. The van der Waals surface area contributed by atoms with Crippen LogP contribution in [-0.4, -0.2) is 0 Å². The maximum atomic E-state index is 3.38. The minimum Gasteiger partial charge on any atom is -1.00 e. The van der Waals surface area contributed by atoms with Gasteiger partial charge < -0.3 is 45.1 Å². The van der Waals surface area contributed by atoms with Crippen molar-refractivity contribution < 1.29 is 46.5 Å². The SMILES string of the molecule is CC(C)c1cc2c(-c3c4ccccc4cc4ccccc34)cccc2[cH-]1.CC(C)c1cc2c(-c3c4ccccc4cc4ccccc34)cccc2[cH-]1.[CH2-]C[CH2-].[Cl-].[Cl-].[Ti+2]. The van der Waals surface area contributed by atoms with E-state index in [0.29, 0.717) is 11.8 Å². The monoisotopic (exact) mass is 826 g/mol. The van der Waals surface area contributed by atoms with Crippen LogP contribution in [0.1, 0.15) is 57.1 Å². The van der Waals surface area contributed by atoms with Crippen molar-refractivity contribution >= 4 is 64.6 Å². The summed E-state index contributed by atoms with van der Waals surface area (Å²) in [6, 6.07) is 62.4. The Hall–Kier alpha value is -4.69. The Kier molecular flexibility index (Phi) is 14.8. The molecule has 0 N–H and O–H groups in total. The number of fused-ring (bicyclic) bond motifs is 6. The van der Waals surface area contributed by atoms with E-state index in [-0.39, 0.29) is 46.5 Å². The summed E-state index contributed by atoms with van der Waals surface area (Å²) in [5.74, 6) is 1.08. The summed E-state index contributed by atoms with van der Waals surface area (Å²) < 4.78 is 0. The van der Waals surface area contributed by atoms with Gasteiger partial charge in [0.1, 0.15) is 0 Å². The molecule has 0 radical (unpaired) electrons. The van der Waals surface area contributed by atoms with Gasteiger partial charge in [-0.2, -0.15) is 12.1 Å². The van der Waals surface area contributed by atoms with E-state index in [0.717, 1.165) is 6.42 Å². The molecule has 0 fully saturated rings. The van der Waals surface area contributed by atoms with Crippen molar-refractivity contribution in [3.8, 4) is 22.3 Å². The zero-order valence-electron chi connectivity index (χ0n) is 33.7. The van der Waals surface area contributed by atoms with Crippen molar-refractivity contribution in [3.63, 3.8) is 0 Å². The first-order valence-corrected chi connectivity index (χ1v) is 19.6. The van der Waals surface area contributed by atoms with Crippen LogP contribution in [0.25, 0.3) is 86.9 Å². The molecule has 0 amide bonds. The zero-order chi connectivity index (χ0) is 38.1. The second kappa shape index (κ2) is 19.4. The van der Waals surface area contributed by atoms with Crippen LogP contribution in [0.3, 0.4) is 0 Å². The predicted molar refractivity (Wildman–Crippen MR) is 243 cm³/mol. The summed E-state index contributed by atoms with van der Waals surface area (Å²) >= 11 is 0. The Bertz CT molecular complexity index is 2630. The van der Waals surface area contributed by atoms with Crippen LogP contribution in [0.15, 0.2) is 170 Å². The molecule has 0 bridgehead atoms. The van der Waals surface area contributed by atoms with E-state index in [1.54, 1.807) is 0 Å². The van der Waals surface area contributed by atoms with Gasteiger partial charge in [-0.05, 0) is 78.2 Å². The van der Waals surface area contributed by atoms with Crippen molar-refractivity contribution in [2.75, 3.05) is 0 Å². The minimum absolute atomic E-state index is 0. The zero-order valence-corrected chi connectivity index (χ0v) is 36.8.